The summed E-state index contributed by atoms with van der Waals surface area (Å²) in [4.78, 5) is 6.50. The van der Waals surface area contributed by atoms with Crippen LogP contribution in [-0.4, -0.2) is 30.5 Å². The molecule has 15 heavy (non-hydrogen) atoms. The normalized spacial score (nSPS) is 11.5. The molecule has 1 aromatic carbocycles. The van der Waals surface area contributed by atoms with E-state index in [4.69, 9.17) is 4.42 Å². The summed E-state index contributed by atoms with van der Waals surface area (Å²) in [5, 5.41) is 0. The van der Waals surface area contributed by atoms with Crippen molar-refractivity contribution in [2.75, 3.05) is 20.6 Å². The zero-order chi connectivity index (χ0) is 10.8. The van der Waals surface area contributed by atoms with Crippen LogP contribution in [0.1, 0.15) is 11.5 Å². The fraction of sp³-hybridized carbons (Fsp3) is 0.417. The van der Waals surface area contributed by atoms with Crippen molar-refractivity contribution in [2.24, 2.45) is 0 Å². The highest BCUT2D eigenvalue weighted by molar-refractivity contribution is 5.73. The second kappa shape index (κ2) is 4.03. The Hall–Kier alpha value is -1.35. The number of hydrogen-bond acceptors (Lipinski definition) is 3. The first kappa shape index (κ1) is 10.2. The minimum absolute atomic E-state index is 0.731. The van der Waals surface area contributed by atoms with Crippen LogP contribution in [0, 0.1) is 6.92 Å². The lowest BCUT2D eigenvalue weighted by Crippen LogP contribution is -2.14. The summed E-state index contributed by atoms with van der Waals surface area (Å²) in [5.74, 6) is 0.731. The minimum atomic E-state index is 0.731. The van der Waals surface area contributed by atoms with E-state index in [-0.39, 0.29) is 0 Å². The number of rotatable bonds is 3. The monoisotopic (exact) mass is 204 g/mol. The largest absolute Gasteiger partial charge is 0.441 e. The number of nitrogens with zero attached hydrogens (tertiary/aromatic N) is 2. The van der Waals surface area contributed by atoms with Crippen molar-refractivity contribution < 1.29 is 4.42 Å². The molecule has 0 N–H and O–H groups in total. The van der Waals surface area contributed by atoms with Crippen molar-refractivity contribution in [3.05, 3.63) is 29.7 Å². The summed E-state index contributed by atoms with van der Waals surface area (Å²) >= 11 is 0. The maximum atomic E-state index is 5.43. The van der Waals surface area contributed by atoms with Crippen molar-refractivity contribution in [3.8, 4) is 0 Å². The predicted octanol–water partition coefficient (Wildman–Crippen LogP) is 2.24. The van der Waals surface area contributed by atoms with Crippen LogP contribution in [0.2, 0.25) is 0 Å². The summed E-state index contributed by atoms with van der Waals surface area (Å²) < 4.78 is 5.43. The van der Waals surface area contributed by atoms with Crippen LogP contribution in [0.5, 0.6) is 0 Å². The summed E-state index contributed by atoms with van der Waals surface area (Å²) in [6, 6.07) is 6.21. The maximum absolute atomic E-state index is 5.43. The molecule has 2 rings (SSSR count). The molecule has 0 bridgehead atoms. The molecule has 0 unspecified atom stereocenters. The molecule has 0 fully saturated rings. The molecule has 0 saturated carbocycles. The van der Waals surface area contributed by atoms with E-state index in [1.54, 1.807) is 0 Å². The van der Waals surface area contributed by atoms with Gasteiger partial charge in [-0.05, 0) is 38.2 Å². The molecular weight excluding hydrogens is 188 g/mol. The number of aromatic nitrogens is 1. The molecule has 1 heterocycles. The van der Waals surface area contributed by atoms with E-state index >= 15 is 0 Å². The molecular formula is C12H16N2O. The lowest BCUT2D eigenvalue weighted by Gasteiger charge is -2.08. The fourth-order valence-electron chi connectivity index (χ4n) is 1.60. The molecule has 0 aliphatic rings. The van der Waals surface area contributed by atoms with E-state index < -0.39 is 0 Å². The van der Waals surface area contributed by atoms with Crippen LogP contribution < -0.4 is 0 Å². The average Bonchev–Trinajstić information content (AvgIpc) is 2.53. The summed E-state index contributed by atoms with van der Waals surface area (Å²) in [6.45, 7) is 2.93. The van der Waals surface area contributed by atoms with Gasteiger partial charge in [0.15, 0.2) is 11.5 Å². The third-order valence-corrected chi connectivity index (χ3v) is 2.41. The maximum Gasteiger partial charge on any atom is 0.192 e. The van der Waals surface area contributed by atoms with Gasteiger partial charge in [-0.3, -0.25) is 0 Å². The van der Waals surface area contributed by atoms with Crippen molar-refractivity contribution >= 4 is 11.1 Å². The number of oxazole rings is 1. The first-order valence-corrected chi connectivity index (χ1v) is 5.16. The van der Waals surface area contributed by atoms with Crippen LogP contribution >= 0.6 is 0 Å². The molecule has 2 aromatic rings. The summed E-state index contributed by atoms with van der Waals surface area (Å²) in [6.07, 6.45) is 1.05. The predicted molar refractivity (Wildman–Crippen MR) is 61.0 cm³/mol. The minimum Gasteiger partial charge on any atom is -0.441 e. The van der Waals surface area contributed by atoms with E-state index in [2.05, 4.69) is 36.1 Å². The zero-order valence-electron chi connectivity index (χ0n) is 9.45. The van der Waals surface area contributed by atoms with E-state index in [9.17, 15) is 0 Å². The van der Waals surface area contributed by atoms with Crippen molar-refractivity contribution in [2.45, 2.75) is 13.3 Å². The van der Waals surface area contributed by atoms with Gasteiger partial charge >= 0.3 is 0 Å². The second-order valence-electron chi connectivity index (χ2n) is 4.09. The molecule has 0 aliphatic heterocycles. The van der Waals surface area contributed by atoms with Crippen LogP contribution in [0.4, 0.5) is 0 Å². The lowest BCUT2D eigenvalue weighted by molar-refractivity contribution is 0.414. The number of hydrogen-bond donors (Lipinski definition) is 0. The Kier molecular flexibility index (Phi) is 2.73. The van der Waals surface area contributed by atoms with Gasteiger partial charge in [-0.1, -0.05) is 6.07 Å². The van der Waals surface area contributed by atoms with Gasteiger partial charge in [-0.2, -0.15) is 0 Å². The number of aryl methyl sites for hydroxylation is 1. The number of likely N-dealkylation sites (N-methyl/N-ethyl adjacent to an activating group) is 1. The van der Waals surface area contributed by atoms with Gasteiger partial charge in [0, 0.05) is 13.5 Å². The standard InChI is InChI=1S/C12H16N2O/c1-9-13-11-8-10(6-7-14(2)3)4-5-12(11)15-9/h4-5,8H,6-7H2,1-3H3. The Morgan fingerprint density at radius 2 is 2.13 bits per heavy atom. The summed E-state index contributed by atoms with van der Waals surface area (Å²) in [7, 11) is 4.16. The molecule has 0 saturated heterocycles. The zero-order valence-corrected chi connectivity index (χ0v) is 9.45. The van der Waals surface area contributed by atoms with E-state index in [1.807, 2.05) is 13.0 Å². The molecule has 1 aromatic heterocycles. The molecule has 0 spiro atoms. The Morgan fingerprint density at radius 3 is 2.87 bits per heavy atom. The summed E-state index contributed by atoms with van der Waals surface area (Å²) in [5.41, 5.74) is 3.15. The smallest absolute Gasteiger partial charge is 0.192 e. The average molecular weight is 204 g/mol. The number of fused-ring (bicyclic) bond motifs is 1. The van der Waals surface area contributed by atoms with Gasteiger partial charge in [-0.15, -0.1) is 0 Å². The van der Waals surface area contributed by atoms with Gasteiger partial charge in [0.1, 0.15) is 5.52 Å². The van der Waals surface area contributed by atoms with E-state index in [0.717, 1.165) is 30.0 Å². The Balaban J connectivity index is 2.22. The molecule has 3 nitrogen and oxygen atoms in total. The van der Waals surface area contributed by atoms with Crippen molar-refractivity contribution in [3.63, 3.8) is 0 Å². The fourth-order valence-corrected chi connectivity index (χ4v) is 1.60. The van der Waals surface area contributed by atoms with Crippen LogP contribution in [0.15, 0.2) is 22.6 Å². The van der Waals surface area contributed by atoms with E-state index in [1.165, 1.54) is 5.56 Å². The highest BCUT2D eigenvalue weighted by Gasteiger charge is 2.03. The number of benzene rings is 1. The molecule has 80 valence electrons. The molecule has 0 radical (unpaired) electrons. The SMILES string of the molecule is Cc1nc2cc(CCN(C)C)ccc2o1. The third-order valence-electron chi connectivity index (χ3n) is 2.41. The van der Waals surface area contributed by atoms with Gasteiger partial charge in [0.2, 0.25) is 0 Å². The van der Waals surface area contributed by atoms with Gasteiger partial charge in [0.05, 0.1) is 0 Å². The Bertz CT molecular complexity index is 460. The topological polar surface area (TPSA) is 29.3 Å². The van der Waals surface area contributed by atoms with Crippen molar-refractivity contribution in [1.82, 2.24) is 9.88 Å². The highest BCUT2D eigenvalue weighted by atomic mass is 16.3. The first-order chi connectivity index (χ1) is 7.15. The molecule has 0 amide bonds. The highest BCUT2D eigenvalue weighted by Crippen LogP contribution is 2.16. The van der Waals surface area contributed by atoms with Crippen LogP contribution in [0.25, 0.3) is 11.1 Å². The van der Waals surface area contributed by atoms with Crippen LogP contribution in [-0.2, 0) is 6.42 Å². The molecule has 0 atom stereocenters. The molecule has 3 heteroatoms. The quantitative estimate of drug-likeness (QED) is 0.767. The van der Waals surface area contributed by atoms with Gasteiger partial charge in [0.25, 0.3) is 0 Å². The van der Waals surface area contributed by atoms with Gasteiger partial charge in [-0.25, -0.2) is 4.98 Å². The molecule has 0 aliphatic carbocycles. The van der Waals surface area contributed by atoms with Gasteiger partial charge < -0.3 is 9.32 Å². The second-order valence-corrected chi connectivity index (χ2v) is 4.09. The lowest BCUT2D eigenvalue weighted by atomic mass is 10.1. The first-order valence-electron chi connectivity index (χ1n) is 5.16. The third kappa shape index (κ3) is 2.36. The van der Waals surface area contributed by atoms with Crippen LogP contribution in [0.3, 0.4) is 0 Å². The Labute approximate surface area is 89.7 Å². The van der Waals surface area contributed by atoms with Crippen molar-refractivity contribution in [1.29, 1.82) is 0 Å². The Morgan fingerprint density at radius 1 is 1.33 bits per heavy atom. The van der Waals surface area contributed by atoms with E-state index in [0.29, 0.717) is 0 Å².